The number of carboxylic acids is 1. The molecule has 0 amide bonds. The summed E-state index contributed by atoms with van der Waals surface area (Å²) in [6.07, 6.45) is 2.13. The van der Waals surface area contributed by atoms with Crippen LogP contribution >= 0.6 is 0 Å². The minimum absolute atomic E-state index is 0.341. The van der Waals surface area contributed by atoms with E-state index in [-0.39, 0.29) is 0 Å². The molecule has 4 rings (SSSR count). The Bertz CT molecular complexity index is 1210. The SMILES string of the molecule is Cc1ccc(-c2c3c(cc(C)c2[C@H](OC(C)(C)C)C(=O)O)N(S(=O)(=O)N2CCCCC2)CC3)cc1. The van der Waals surface area contributed by atoms with Gasteiger partial charge in [-0.05, 0) is 82.2 Å². The lowest BCUT2D eigenvalue weighted by Gasteiger charge is -2.32. The average molecular weight is 501 g/mol. The van der Waals surface area contributed by atoms with Crippen molar-refractivity contribution in [2.75, 3.05) is 23.9 Å². The first-order chi connectivity index (χ1) is 16.4. The lowest BCUT2D eigenvalue weighted by atomic mass is 9.86. The molecule has 2 aromatic carbocycles. The molecule has 2 aliphatic heterocycles. The minimum Gasteiger partial charge on any atom is -0.479 e. The fourth-order valence-electron chi connectivity index (χ4n) is 5.12. The monoisotopic (exact) mass is 500 g/mol. The second kappa shape index (κ2) is 9.56. The van der Waals surface area contributed by atoms with Crippen LogP contribution < -0.4 is 4.31 Å². The number of carbonyl (C=O) groups is 1. The van der Waals surface area contributed by atoms with Crippen molar-refractivity contribution in [1.29, 1.82) is 0 Å². The number of aliphatic carboxylic acids is 1. The molecule has 7 nitrogen and oxygen atoms in total. The average Bonchev–Trinajstić information content (AvgIpc) is 3.21. The van der Waals surface area contributed by atoms with Gasteiger partial charge in [-0.25, -0.2) is 4.79 Å². The molecular weight excluding hydrogens is 464 g/mol. The largest absolute Gasteiger partial charge is 0.479 e. The number of hydrogen-bond donors (Lipinski definition) is 1. The maximum absolute atomic E-state index is 13.6. The Labute approximate surface area is 208 Å². The van der Waals surface area contributed by atoms with Crippen molar-refractivity contribution in [2.45, 2.75) is 72.0 Å². The molecule has 0 aromatic heterocycles. The molecule has 1 fully saturated rings. The fourth-order valence-corrected chi connectivity index (χ4v) is 6.85. The van der Waals surface area contributed by atoms with Gasteiger partial charge in [-0.15, -0.1) is 0 Å². The number of rotatable bonds is 6. The van der Waals surface area contributed by atoms with E-state index < -0.39 is 27.9 Å². The van der Waals surface area contributed by atoms with E-state index in [2.05, 4.69) is 0 Å². The number of carboxylic acid groups (broad SMARTS) is 1. The van der Waals surface area contributed by atoms with Crippen LogP contribution in [0.2, 0.25) is 0 Å². The van der Waals surface area contributed by atoms with Crippen LogP contribution in [0.3, 0.4) is 0 Å². The Morgan fingerprint density at radius 2 is 1.66 bits per heavy atom. The van der Waals surface area contributed by atoms with Gasteiger partial charge in [-0.1, -0.05) is 36.2 Å². The molecule has 2 heterocycles. The van der Waals surface area contributed by atoms with Crippen molar-refractivity contribution in [3.63, 3.8) is 0 Å². The Balaban J connectivity index is 1.92. The predicted molar refractivity (Wildman–Crippen MR) is 138 cm³/mol. The summed E-state index contributed by atoms with van der Waals surface area (Å²) < 4.78 is 36.4. The van der Waals surface area contributed by atoms with Gasteiger partial charge in [0.25, 0.3) is 0 Å². The van der Waals surface area contributed by atoms with Gasteiger partial charge < -0.3 is 9.84 Å². The van der Waals surface area contributed by atoms with Gasteiger partial charge in [0.05, 0.1) is 11.3 Å². The van der Waals surface area contributed by atoms with Crippen molar-refractivity contribution in [2.24, 2.45) is 0 Å². The number of hydrogen-bond acceptors (Lipinski definition) is 4. The molecule has 8 heteroatoms. The van der Waals surface area contributed by atoms with Crippen LogP contribution in [-0.2, 0) is 26.2 Å². The van der Waals surface area contributed by atoms with Gasteiger partial charge >= 0.3 is 16.2 Å². The van der Waals surface area contributed by atoms with E-state index >= 15 is 0 Å². The second-order valence-corrected chi connectivity index (χ2v) is 12.4. The smallest absolute Gasteiger partial charge is 0.337 e. The van der Waals surface area contributed by atoms with Crippen LogP contribution in [0.4, 0.5) is 5.69 Å². The van der Waals surface area contributed by atoms with E-state index in [1.165, 1.54) is 4.31 Å². The van der Waals surface area contributed by atoms with Gasteiger partial charge in [0.15, 0.2) is 6.10 Å². The van der Waals surface area contributed by atoms with Crippen LogP contribution in [0.25, 0.3) is 11.1 Å². The summed E-state index contributed by atoms with van der Waals surface area (Å²) >= 11 is 0. The van der Waals surface area contributed by atoms with Crippen molar-refractivity contribution in [3.05, 3.63) is 52.6 Å². The van der Waals surface area contributed by atoms with E-state index in [1.54, 1.807) is 4.31 Å². The second-order valence-electron chi connectivity index (χ2n) is 10.6. The normalized spacial score (nSPS) is 17.9. The highest BCUT2D eigenvalue weighted by Gasteiger charge is 2.39. The highest BCUT2D eigenvalue weighted by molar-refractivity contribution is 7.90. The standard InChI is InChI=1S/C27H36N2O5S/c1-18-9-11-20(12-10-18)24-21-13-16-29(35(32,33)28-14-7-6-8-15-28)22(21)17-19(2)23(24)25(26(30)31)34-27(3,4)5/h9-12,17,25H,6-8,13-16H2,1-5H3,(H,30,31)/t25-/m0/s1. The molecule has 0 radical (unpaired) electrons. The first kappa shape index (κ1) is 25.7. The predicted octanol–water partition coefficient (Wildman–Crippen LogP) is 5.00. The molecular formula is C27H36N2O5S. The van der Waals surface area contributed by atoms with E-state index in [0.29, 0.717) is 42.9 Å². The van der Waals surface area contributed by atoms with Crippen molar-refractivity contribution in [3.8, 4) is 11.1 Å². The Morgan fingerprint density at radius 1 is 1.03 bits per heavy atom. The number of ether oxygens (including phenoxy) is 1. The number of piperidine rings is 1. The number of fused-ring (bicyclic) bond motifs is 1. The summed E-state index contributed by atoms with van der Waals surface area (Å²) in [5.41, 5.74) is 4.85. The third kappa shape index (κ3) is 5.10. The van der Waals surface area contributed by atoms with E-state index in [1.807, 2.05) is 65.0 Å². The maximum Gasteiger partial charge on any atom is 0.337 e. The van der Waals surface area contributed by atoms with E-state index in [4.69, 9.17) is 4.74 Å². The summed E-state index contributed by atoms with van der Waals surface area (Å²) in [5.74, 6) is -1.06. The first-order valence-electron chi connectivity index (χ1n) is 12.3. The highest BCUT2D eigenvalue weighted by Crippen LogP contribution is 2.45. The van der Waals surface area contributed by atoms with Crippen LogP contribution in [-0.4, -0.2) is 49.0 Å². The third-order valence-electron chi connectivity index (χ3n) is 6.71. The third-order valence-corrected chi connectivity index (χ3v) is 8.66. The first-order valence-corrected chi connectivity index (χ1v) is 13.7. The van der Waals surface area contributed by atoms with Gasteiger partial charge in [-0.3, -0.25) is 4.31 Å². The van der Waals surface area contributed by atoms with Crippen molar-refractivity contribution >= 4 is 21.9 Å². The van der Waals surface area contributed by atoms with Gasteiger partial charge in [0.1, 0.15) is 0 Å². The topological polar surface area (TPSA) is 87.1 Å². The molecule has 2 aromatic rings. The molecule has 0 spiro atoms. The van der Waals surface area contributed by atoms with Crippen LogP contribution in [0.1, 0.15) is 68.4 Å². The molecule has 0 aliphatic carbocycles. The summed E-state index contributed by atoms with van der Waals surface area (Å²) in [5, 5.41) is 10.2. The number of nitrogens with zero attached hydrogens (tertiary/aromatic N) is 2. The quantitative estimate of drug-likeness (QED) is 0.603. The highest BCUT2D eigenvalue weighted by atomic mass is 32.2. The van der Waals surface area contributed by atoms with Crippen molar-refractivity contribution in [1.82, 2.24) is 4.31 Å². The number of benzene rings is 2. The van der Waals surface area contributed by atoms with Crippen LogP contribution in [0.15, 0.2) is 30.3 Å². The minimum atomic E-state index is -3.66. The maximum atomic E-state index is 13.6. The molecule has 2 aliphatic rings. The molecule has 0 unspecified atom stereocenters. The molecule has 1 N–H and O–H groups in total. The summed E-state index contributed by atoms with van der Waals surface area (Å²) in [7, 11) is -3.66. The van der Waals surface area contributed by atoms with Gasteiger partial charge in [0.2, 0.25) is 0 Å². The van der Waals surface area contributed by atoms with Crippen LogP contribution in [0.5, 0.6) is 0 Å². The summed E-state index contributed by atoms with van der Waals surface area (Å²) in [4.78, 5) is 12.5. The Morgan fingerprint density at radius 3 is 2.23 bits per heavy atom. The van der Waals surface area contributed by atoms with Gasteiger partial charge in [-0.2, -0.15) is 12.7 Å². The van der Waals surface area contributed by atoms with Crippen LogP contribution in [0, 0.1) is 13.8 Å². The Kier molecular flexibility index (Phi) is 7.01. The van der Waals surface area contributed by atoms with E-state index in [9.17, 15) is 18.3 Å². The number of anilines is 1. The fraction of sp³-hybridized carbons (Fsp3) is 0.519. The van der Waals surface area contributed by atoms with E-state index in [0.717, 1.165) is 41.5 Å². The van der Waals surface area contributed by atoms with Crippen molar-refractivity contribution < 1.29 is 23.1 Å². The summed E-state index contributed by atoms with van der Waals surface area (Å²) in [6.45, 7) is 10.8. The lowest BCUT2D eigenvalue weighted by molar-refractivity contribution is -0.160. The Hall–Kier alpha value is -2.42. The molecule has 0 saturated carbocycles. The molecule has 1 atom stereocenters. The zero-order valence-electron chi connectivity index (χ0n) is 21.3. The zero-order valence-corrected chi connectivity index (χ0v) is 22.1. The molecule has 1 saturated heterocycles. The number of aryl methyl sites for hydroxylation is 2. The van der Waals surface area contributed by atoms with Gasteiger partial charge in [0, 0.05) is 25.2 Å². The summed E-state index contributed by atoms with van der Waals surface area (Å²) in [6, 6.07) is 9.77. The molecule has 0 bridgehead atoms. The molecule has 35 heavy (non-hydrogen) atoms. The lowest BCUT2D eigenvalue weighted by Crippen LogP contribution is -2.45. The zero-order chi connectivity index (χ0) is 25.5. The molecule has 190 valence electrons.